The van der Waals surface area contributed by atoms with Crippen molar-refractivity contribution in [3.05, 3.63) is 54.4 Å². The lowest BCUT2D eigenvalue weighted by Crippen LogP contribution is -2.21. The first kappa shape index (κ1) is 17.0. The maximum absolute atomic E-state index is 12.3. The number of carbonyl (C=O) groups is 1. The fourth-order valence-electron chi connectivity index (χ4n) is 3.03. The summed E-state index contributed by atoms with van der Waals surface area (Å²) in [5.41, 5.74) is 4.93. The van der Waals surface area contributed by atoms with Gasteiger partial charge in [0.15, 0.2) is 0 Å². The van der Waals surface area contributed by atoms with Gasteiger partial charge >= 0.3 is 0 Å². The molecule has 5 nitrogen and oxygen atoms in total. The monoisotopic (exact) mass is 336 g/mol. The number of imidazole rings is 1. The summed E-state index contributed by atoms with van der Waals surface area (Å²) in [7, 11) is 1.96. The minimum atomic E-state index is -0.0223. The Morgan fingerprint density at radius 2 is 1.84 bits per heavy atom. The van der Waals surface area contributed by atoms with Gasteiger partial charge in [0, 0.05) is 31.5 Å². The van der Waals surface area contributed by atoms with Gasteiger partial charge in [0.2, 0.25) is 5.91 Å². The van der Waals surface area contributed by atoms with Crippen LogP contribution in [0, 0.1) is 0 Å². The van der Waals surface area contributed by atoms with E-state index in [1.54, 1.807) is 6.33 Å². The Hall–Kier alpha value is -2.82. The number of amides is 1. The quantitative estimate of drug-likeness (QED) is 0.748. The minimum Gasteiger partial charge on any atom is -0.372 e. The van der Waals surface area contributed by atoms with Crippen LogP contribution in [0.15, 0.2) is 48.8 Å². The van der Waals surface area contributed by atoms with E-state index < -0.39 is 0 Å². The molecule has 0 saturated carbocycles. The number of fused-ring (bicyclic) bond motifs is 1. The fourth-order valence-corrected chi connectivity index (χ4v) is 3.03. The zero-order valence-corrected chi connectivity index (χ0v) is 15.0. The van der Waals surface area contributed by atoms with E-state index in [0.717, 1.165) is 35.4 Å². The molecule has 2 aromatic carbocycles. The second-order valence-electron chi connectivity index (χ2n) is 6.12. The second kappa shape index (κ2) is 7.38. The van der Waals surface area contributed by atoms with E-state index in [0.29, 0.717) is 6.42 Å². The second-order valence-corrected chi connectivity index (χ2v) is 6.12. The maximum Gasteiger partial charge on any atom is 0.228 e. The third-order valence-corrected chi connectivity index (χ3v) is 4.43. The predicted molar refractivity (Wildman–Crippen MR) is 103 cm³/mol. The van der Waals surface area contributed by atoms with Crippen molar-refractivity contribution in [1.29, 1.82) is 0 Å². The van der Waals surface area contributed by atoms with Gasteiger partial charge in [-0.1, -0.05) is 6.07 Å². The molecule has 130 valence electrons. The molecular weight excluding hydrogens is 312 g/mol. The zero-order valence-electron chi connectivity index (χ0n) is 15.0. The summed E-state index contributed by atoms with van der Waals surface area (Å²) in [6, 6.07) is 13.9. The van der Waals surface area contributed by atoms with Crippen LogP contribution < -0.4 is 10.2 Å². The number of aromatic nitrogens is 2. The summed E-state index contributed by atoms with van der Waals surface area (Å²) in [5, 5.41) is 2.96. The Bertz CT molecular complexity index is 863. The lowest BCUT2D eigenvalue weighted by molar-refractivity contribution is -0.115. The molecule has 0 atom stereocenters. The summed E-state index contributed by atoms with van der Waals surface area (Å²) in [6.45, 7) is 6.21. The van der Waals surface area contributed by atoms with Gasteiger partial charge in [-0.05, 0) is 55.8 Å². The van der Waals surface area contributed by atoms with Gasteiger partial charge in [-0.25, -0.2) is 4.98 Å². The smallest absolute Gasteiger partial charge is 0.228 e. The Labute approximate surface area is 148 Å². The third kappa shape index (κ3) is 3.82. The number of nitrogens with zero attached hydrogens (tertiary/aromatic N) is 3. The van der Waals surface area contributed by atoms with Crippen molar-refractivity contribution in [1.82, 2.24) is 9.55 Å². The Kier molecular flexibility index (Phi) is 5.03. The molecule has 0 unspecified atom stereocenters. The van der Waals surface area contributed by atoms with Gasteiger partial charge in [-0.2, -0.15) is 0 Å². The molecule has 0 fully saturated rings. The fraction of sp³-hybridized carbons (Fsp3) is 0.300. The van der Waals surface area contributed by atoms with E-state index in [9.17, 15) is 4.79 Å². The highest BCUT2D eigenvalue weighted by Gasteiger charge is 2.08. The van der Waals surface area contributed by atoms with Crippen molar-refractivity contribution in [2.75, 3.05) is 23.3 Å². The van der Waals surface area contributed by atoms with Crippen molar-refractivity contribution in [3.8, 4) is 0 Å². The van der Waals surface area contributed by atoms with Crippen LogP contribution in [0.1, 0.15) is 19.4 Å². The number of hydrogen-bond donors (Lipinski definition) is 1. The summed E-state index contributed by atoms with van der Waals surface area (Å²) < 4.78 is 1.97. The van der Waals surface area contributed by atoms with Crippen LogP contribution >= 0.6 is 0 Å². The average Bonchev–Trinajstić information content (AvgIpc) is 2.98. The third-order valence-electron chi connectivity index (χ3n) is 4.43. The first-order chi connectivity index (χ1) is 12.1. The maximum atomic E-state index is 12.3. The van der Waals surface area contributed by atoms with Gasteiger partial charge in [-0.15, -0.1) is 0 Å². The highest BCUT2D eigenvalue weighted by molar-refractivity contribution is 5.93. The van der Waals surface area contributed by atoms with E-state index >= 15 is 0 Å². The van der Waals surface area contributed by atoms with Crippen molar-refractivity contribution in [2.45, 2.75) is 20.3 Å². The molecule has 0 spiro atoms. The molecule has 1 amide bonds. The first-order valence-electron chi connectivity index (χ1n) is 8.65. The van der Waals surface area contributed by atoms with Crippen LogP contribution in [0.5, 0.6) is 0 Å². The van der Waals surface area contributed by atoms with Crippen LogP contribution in [0.2, 0.25) is 0 Å². The summed E-state index contributed by atoms with van der Waals surface area (Å²) >= 11 is 0. The molecule has 1 aromatic heterocycles. The van der Waals surface area contributed by atoms with Crippen LogP contribution in [-0.2, 0) is 18.3 Å². The molecule has 0 aliphatic rings. The van der Waals surface area contributed by atoms with Crippen LogP contribution in [0.4, 0.5) is 11.4 Å². The van der Waals surface area contributed by atoms with Gasteiger partial charge in [-0.3, -0.25) is 4.79 Å². The zero-order chi connectivity index (χ0) is 17.8. The van der Waals surface area contributed by atoms with Gasteiger partial charge in [0.1, 0.15) is 0 Å². The largest absolute Gasteiger partial charge is 0.372 e. The molecule has 3 aromatic rings. The molecule has 1 heterocycles. The Morgan fingerprint density at radius 3 is 2.52 bits per heavy atom. The van der Waals surface area contributed by atoms with Crippen molar-refractivity contribution >= 4 is 28.3 Å². The normalized spacial score (nSPS) is 10.8. The van der Waals surface area contributed by atoms with E-state index in [4.69, 9.17) is 0 Å². The summed E-state index contributed by atoms with van der Waals surface area (Å²) in [5.74, 6) is -0.0223. The number of hydrogen-bond acceptors (Lipinski definition) is 3. The molecule has 25 heavy (non-hydrogen) atoms. The highest BCUT2D eigenvalue weighted by atomic mass is 16.1. The molecule has 0 bridgehead atoms. The average molecular weight is 336 g/mol. The number of nitrogens with one attached hydrogen (secondary N) is 1. The van der Waals surface area contributed by atoms with Crippen molar-refractivity contribution in [3.63, 3.8) is 0 Å². The molecule has 5 heteroatoms. The SMILES string of the molecule is CCN(CC)c1ccc(NC(=O)Cc2ccc3c(c2)ncn3C)cc1. The Balaban J connectivity index is 1.65. The van der Waals surface area contributed by atoms with Crippen molar-refractivity contribution in [2.24, 2.45) is 7.05 Å². The van der Waals surface area contributed by atoms with Crippen LogP contribution in [0.3, 0.4) is 0 Å². The highest BCUT2D eigenvalue weighted by Crippen LogP contribution is 2.18. The van der Waals surface area contributed by atoms with Crippen LogP contribution in [0.25, 0.3) is 11.0 Å². The number of carbonyl (C=O) groups excluding carboxylic acids is 1. The van der Waals surface area contributed by atoms with E-state index in [1.807, 2.05) is 54.1 Å². The number of aryl methyl sites for hydroxylation is 1. The van der Waals surface area contributed by atoms with Gasteiger partial charge in [0.25, 0.3) is 0 Å². The molecular formula is C20H24N4O. The van der Waals surface area contributed by atoms with E-state index in [1.165, 1.54) is 5.69 Å². The summed E-state index contributed by atoms with van der Waals surface area (Å²) in [4.78, 5) is 18.9. The lowest BCUT2D eigenvalue weighted by Gasteiger charge is -2.21. The number of rotatable bonds is 6. The molecule has 3 rings (SSSR count). The molecule has 0 aliphatic carbocycles. The number of anilines is 2. The first-order valence-corrected chi connectivity index (χ1v) is 8.65. The van der Waals surface area contributed by atoms with Crippen LogP contribution in [-0.4, -0.2) is 28.5 Å². The van der Waals surface area contributed by atoms with E-state index in [-0.39, 0.29) is 5.91 Å². The predicted octanol–water partition coefficient (Wildman–Crippen LogP) is 3.60. The van der Waals surface area contributed by atoms with Gasteiger partial charge < -0.3 is 14.8 Å². The molecule has 0 radical (unpaired) electrons. The molecule has 0 saturated heterocycles. The minimum absolute atomic E-state index is 0.0223. The Morgan fingerprint density at radius 1 is 1.12 bits per heavy atom. The number of benzene rings is 2. The topological polar surface area (TPSA) is 50.2 Å². The standard InChI is InChI=1S/C20H24N4O/c1-4-24(5-2)17-9-7-16(8-10-17)22-20(25)13-15-6-11-19-18(12-15)21-14-23(19)3/h6-12,14H,4-5,13H2,1-3H3,(H,22,25). The summed E-state index contributed by atoms with van der Waals surface area (Å²) in [6.07, 6.45) is 2.12. The molecule has 1 N–H and O–H groups in total. The molecule has 0 aliphatic heterocycles. The van der Waals surface area contributed by atoms with Crippen molar-refractivity contribution < 1.29 is 4.79 Å². The van der Waals surface area contributed by atoms with Gasteiger partial charge in [0.05, 0.1) is 23.8 Å². The lowest BCUT2D eigenvalue weighted by atomic mass is 10.1. The van der Waals surface area contributed by atoms with E-state index in [2.05, 4.69) is 29.0 Å².